The van der Waals surface area contributed by atoms with Gasteiger partial charge in [-0.3, -0.25) is 4.90 Å². The van der Waals surface area contributed by atoms with E-state index in [1.807, 2.05) is 35.2 Å². The first kappa shape index (κ1) is 18.3. The second-order valence-electron chi connectivity index (χ2n) is 5.68. The van der Waals surface area contributed by atoms with Crippen molar-refractivity contribution in [1.82, 2.24) is 4.90 Å². The molecule has 0 aliphatic heterocycles. The predicted molar refractivity (Wildman–Crippen MR) is 89.3 cm³/mol. The lowest BCUT2D eigenvalue weighted by atomic mass is 9.92. The van der Waals surface area contributed by atoms with E-state index >= 15 is 0 Å². The van der Waals surface area contributed by atoms with Gasteiger partial charge in [-0.25, -0.2) is 8.78 Å². The third-order valence-electron chi connectivity index (χ3n) is 3.89. The van der Waals surface area contributed by atoms with Crippen molar-refractivity contribution in [2.75, 3.05) is 19.7 Å². The van der Waals surface area contributed by atoms with Gasteiger partial charge in [-0.05, 0) is 23.3 Å². The summed E-state index contributed by atoms with van der Waals surface area (Å²) in [6, 6.07) is 12.9. The third-order valence-corrected chi connectivity index (χ3v) is 3.89. The first-order valence-corrected chi connectivity index (χ1v) is 7.67. The maximum atomic E-state index is 13.5. The molecule has 0 aliphatic carbocycles. The Labute approximate surface area is 140 Å². The molecule has 0 spiro atoms. The third kappa shape index (κ3) is 4.47. The van der Waals surface area contributed by atoms with Crippen molar-refractivity contribution in [1.29, 1.82) is 0 Å². The van der Waals surface area contributed by atoms with Crippen LogP contribution in [0.3, 0.4) is 0 Å². The Morgan fingerprint density at radius 1 is 1.08 bits per heavy atom. The van der Waals surface area contributed by atoms with E-state index in [1.54, 1.807) is 0 Å². The van der Waals surface area contributed by atoms with Crippen molar-refractivity contribution >= 4 is 0 Å². The van der Waals surface area contributed by atoms with Crippen LogP contribution in [0.15, 0.2) is 61.2 Å². The largest absolute Gasteiger partial charge is 0.395 e. The molecular formula is C19H21F2NO2. The van der Waals surface area contributed by atoms with Crippen LogP contribution in [-0.2, 0) is 12.1 Å². The van der Waals surface area contributed by atoms with E-state index in [0.717, 1.165) is 17.7 Å². The average Bonchev–Trinajstić information content (AvgIpc) is 2.58. The van der Waals surface area contributed by atoms with Gasteiger partial charge in [0.1, 0.15) is 5.60 Å². The Bertz CT molecular complexity index is 678. The number of hydrogen-bond donors (Lipinski definition) is 2. The summed E-state index contributed by atoms with van der Waals surface area (Å²) >= 11 is 0. The van der Waals surface area contributed by atoms with Crippen molar-refractivity contribution in [3.05, 3.63) is 83.9 Å². The highest BCUT2D eigenvalue weighted by molar-refractivity contribution is 5.29. The molecule has 0 amide bonds. The first-order valence-electron chi connectivity index (χ1n) is 7.67. The van der Waals surface area contributed by atoms with Gasteiger partial charge in [-0.15, -0.1) is 0 Å². The zero-order valence-corrected chi connectivity index (χ0v) is 13.3. The molecule has 0 aliphatic rings. The van der Waals surface area contributed by atoms with Crippen LogP contribution in [0.2, 0.25) is 0 Å². The number of halogens is 2. The van der Waals surface area contributed by atoms with Crippen LogP contribution in [0.1, 0.15) is 11.1 Å². The van der Waals surface area contributed by atoms with Gasteiger partial charge in [0.05, 0.1) is 6.61 Å². The summed E-state index contributed by atoms with van der Waals surface area (Å²) in [5.74, 6) is -1.99. The van der Waals surface area contributed by atoms with Gasteiger partial charge in [-0.2, -0.15) is 0 Å². The molecular weight excluding hydrogens is 312 g/mol. The lowest BCUT2D eigenvalue weighted by Gasteiger charge is -2.32. The minimum Gasteiger partial charge on any atom is -0.395 e. The van der Waals surface area contributed by atoms with Gasteiger partial charge in [0.15, 0.2) is 11.6 Å². The van der Waals surface area contributed by atoms with Crippen LogP contribution in [0.25, 0.3) is 0 Å². The molecule has 5 heteroatoms. The SMILES string of the molecule is C=C[C@](O)(CN(CCO)Cc1ccccc1)c1ccc(F)c(F)c1. The maximum absolute atomic E-state index is 13.5. The standard InChI is InChI=1S/C19H21F2NO2/c1-2-19(24,16-8-9-17(20)18(21)12-16)14-22(10-11-23)13-15-6-4-3-5-7-15/h2-9,12,23-24H,1,10-11,13-14H2/t19-/m0/s1. The Kier molecular flexibility index (Phi) is 6.20. The summed E-state index contributed by atoms with van der Waals surface area (Å²) in [6.07, 6.45) is 1.30. The quantitative estimate of drug-likeness (QED) is 0.730. The zero-order chi connectivity index (χ0) is 17.6. The Morgan fingerprint density at radius 2 is 1.79 bits per heavy atom. The molecule has 0 saturated heterocycles. The van der Waals surface area contributed by atoms with Crippen molar-refractivity contribution < 1.29 is 19.0 Å². The van der Waals surface area contributed by atoms with E-state index in [9.17, 15) is 19.0 Å². The predicted octanol–water partition coefficient (Wildman–Crippen LogP) is 2.83. The second kappa shape index (κ2) is 8.15. The van der Waals surface area contributed by atoms with Crippen LogP contribution in [0.4, 0.5) is 8.78 Å². The summed E-state index contributed by atoms with van der Waals surface area (Å²) in [6.45, 7) is 4.46. The first-order chi connectivity index (χ1) is 11.5. The minimum atomic E-state index is -1.56. The molecule has 0 bridgehead atoms. The fourth-order valence-corrected chi connectivity index (χ4v) is 2.58. The lowest BCUT2D eigenvalue weighted by molar-refractivity contribution is 0.0336. The van der Waals surface area contributed by atoms with Crippen LogP contribution < -0.4 is 0 Å². The van der Waals surface area contributed by atoms with E-state index in [4.69, 9.17) is 0 Å². The van der Waals surface area contributed by atoms with Crippen LogP contribution in [-0.4, -0.2) is 34.8 Å². The monoisotopic (exact) mass is 333 g/mol. The van der Waals surface area contributed by atoms with Crippen LogP contribution in [0, 0.1) is 11.6 Å². The summed E-state index contributed by atoms with van der Waals surface area (Å²) < 4.78 is 26.6. The van der Waals surface area contributed by atoms with Gasteiger partial charge in [0.25, 0.3) is 0 Å². The van der Waals surface area contributed by atoms with Crippen molar-refractivity contribution in [3.63, 3.8) is 0 Å². The molecule has 0 fully saturated rings. The number of hydrogen-bond acceptors (Lipinski definition) is 3. The number of aliphatic hydroxyl groups excluding tert-OH is 1. The van der Waals surface area contributed by atoms with Crippen LogP contribution >= 0.6 is 0 Å². The van der Waals surface area contributed by atoms with Gasteiger partial charge >= 0.3 is 0 Å². The molecule has 0 heterocycles. The summed E-state index contributed by atoms with van der Waals surface area (Å²) in [4.78, 5) is 1.83. The van der Waals surface area contributed by atoms with Gasteiger partial charge in [0, 0.05) is 19.6 Å². The molecule has 2 N–H and O–H groups in total. The van der Waals surface area contributed by atoms with Crippen molar-refractivity contribution in [3.8, 4) is 0 Å². The van der Waals surface area contributed by atoms with E-state index in [1.165, 1.54) is 12.1 Å². The number of nitrogens with zero attached hydrogens (tertiary/aromatic N) is 1. The molecule has 0 unspecified atom stereocenters. The number of aliphatic hydroxyl groups is 2. The highest BCUT2D eigenvalue weighted by Gasteiger charge is 2.29. The molecule has 2 aromatic rings. The smallest absolute Gasteiger partial charge is 0.159 e. The number of benzene rings is 2. The Hall–Kier alpha value is -2.08. The molecule has 3 nitrogen and oxygen atoms in total. The van der Waals surface area contributed by atoms with E-state index in [0.29, 0.717) is 13.1 Å². The fraction of sp³-hybridized carbons (Fsp3) is 0.263. The molecule has 0 aromatic heterocycles. The van der Waals surface area contributed by atoms with Crippen LogP contribution in [0.5, 0.6) is 0 Å². The number of rotatable bonds is 8. The van der Waals surface area contributed by atoms with Gasteiger partial charge < -0.3 is 10.2 Å². The fourth-order valence-electron chi connectivity index (χ4n) is 2.58. The Balaban J connectivity index is 2.23. The molecule has 2 aromatic carbocycles. The minimum absolute atomic E-state index is 0.0855. The summed E-state index contributed by atoms with van der Waals surface area (Å²) in [7, 11) is 0. The normalized spacial score (nSPS) is 13.7. The van der Waals surface area contributed by atoms with E-state index in [2.05, 4.69) is 6.58 Å². The van der Waals surface area contributed by atoms with E-state index < -0.39 is 17.2 Å². The van der Waals surface area contributed by atoms with E-state index in [-0.39, 0.29) is 18.7 Å². The summed E-state index contributed by atoms with van der Waals surface area (Å²) in [5.41, 5.74) is -0.326. The van der Waals surface area contributed by atoms with Crippen molar-refractivity contribution in [2.45, 2.75) is 12.1 Å². The molecule has 0 saturated carbocycles. The zero-order valence-electron chi connectivity index (χ0n) is 13.3. The molecule has 24 heavy (non-hydrogen) atoms. The highest BCUT2D eigenvalue weighted by Crippen LogP contribution is 2.26. The Morgan fingerprint density at radius 3 is 2.38 bits per heavy atom. The highest BCUT2D eigenvalue weighted by atomic mass is 19.2. The lowest BCUT2D eigenvalue weighted by Crippen LogP contribution is -2.40. The molecule has 128 valence electrons. The van der Waals surface area contributed by atoms with Crippen molar-refractivity contribution in [2.24, 2.45) is 0 Å². The van der Waals surface area contributed by atoms with Gasteiger partial charge in [-0.1, -0.05) is 49.1 Å². The van der Waals surface area contributed by atoms with Gasteiger partial charge in [0.2, 0.25) is 0 Å². The summed E-state index contributed by atoms with van der Waals surface area (Å²) in [5, 5.41) is 20.1. The molecule has 2 rings (SSSR count). The molecule has 0 radical (unpaired) electrons. The topological polar surface area (TPSA) is 43.7 Å². The second-order valence-corrected chi connectivity index (χ2v) is 5.68. The molecule has 1 atom stereocenters. The maximum Gasteiger partial charge on any atom is 0.159 e. The average molecular weight is 333 g/mol.